The maximum atomic E-state index is 12.3. The first-order valence-corrected chi connectivity index (χ1v) is 6.35. The molecule has 0 aromatic heterocycles. The van der Waals surface area contributed by atoms with Crippen molar-refractivity contribution in [1.82, 2.24) is 4.90 Å². The summed E-state index contributed by atoms with van der Waals surface area (Å²) in [5.41, 5.74) is 5.36. The van der Waals surface area contributed by atoms with Crippen LogP contribution in [0, 0.1) is 10.1 Å². The molecular weight excluding hydrogens is 246 g/mol. The Kier molecular flexibility index (Phi) is 5.29. The summed E-state index contributed by atoms with van der Waals surface area (Å²) in [6.07, 6.45) is 1.83. The molecule has 0 fully saturated rings. The second kappa shape index (κ2) is 6.72. The molecule has 6 heteroatoms. The van der Waals surface area contributed by atoms with Crippen molar-refractivity contribution in [2.24, 2.45) is 0 Å². The zero-order valence-corrected chi connectivity index (χ0v) is 11.3. The minimum absolute atomic E-state index is 0.0161. The van der Waals surface area contributed by atoms with Crippen molar-refractivity contribution in [3.05, 3.63) is 33.9 Å². The van der Waals surface area contributed by atoms with Gasteiger partial charge in [-0.2, -0.15) is 0 Å². The number of para-hydroxylation sites is 1. The average Bonchev–Trinajstić information content (AvgIpc) is 2.38. The van der Waals surface area contributed by atoms with Gasteiger partial charge in [0.25, 0.3) is 5.91 Å². The molecule has 0 atom stereocenters. The molecule has 19 heavy (non-hydrogen) atoms. The number of hydrogen-bond acceptors (Lipinski definition) is 4. The van der Waals surface area contributed by atoms with E-state index in [9.17, 15) is 14.9 Å². The molecule has 1 rings (SSSR count). The van der Waals surface area contributed by atoms with E-state index < -0.39 is 4.92 Å². The van der Waals surface area contributed by atoms with Crippen molar-refractivity contribution < 1.29 is 9.72 Å². The van der Waals surface area contributed by atoms with Gasteiger partial charge in [0.2, 0.25) is 0 Å². The second-order valence-electron chi connectivity index (χ2n) is 4.24. The van der Waals surface area contributed by atoms with Crippen LogP contribution in [-0.2, 0) is 0 Å². The summed E-state index contributed by atoms with van der Waals surface area (Å²) in [7, 11) is 0. The molecule has 0 spiro atoms. The summed E-state index contributed by atoms with van der Waals surface area (Å²) < 4.78 is 0. The molecule has 1 aromatic rings. The molecule has 6 nitrogen and oxygen atoms in total. The molecule has 0 heterocycles. The summed E-state index contributed by atoms with van der Waals surface area (Å²) >= 11 is 0. The Balaban J connectivity index is 3.11. The number of hydrogen-bond donors (Lipinski definition) is 1. The van der Waals surface area contributed by atoms with Crippen LogP contribution < -0.4 is 5.73 Å². The van der Waals surface area contributed by atoms with E-state index in [2.05, 4.69) is 0 Å². The topological polar surface area (TPSA) is 89.5 Å². The lowest BCUT2D eigenvalue weighted by atomic mass is 10.1. The molecule has 0 saturated heterocycles. The number of anilines is 1. The lowest BCUT2D eigenvalue weighted by molar-refractivity contribution is -0.384. The Hall–Kier alpha value is -2.11. The first-order chi connectivity index (χ1) is 9.02. The lowest BCUT2D eigenvalue weighted by Gasteiger charge is -2.20. The molecule has 2 N–H and O–H groups in total. The van der Waals surface area contributed by atoms with E-state index in [0.29, 0.717) is 13.1 Å². The van der Waals surface area contributed by atoms with E-state index in [1.165, 1.54) is 12.1 Å². The number of amides is 1. The Morgan fingerprint density at radius 3 is 2.63 bits per heavy atom. The van der Waals surface area contributed by atoms with Crippen LogP contribution in [0.15, 0.2) is 18.2 Å². The van der Waals surface area contributed by atoms with Crippen molar-refractivity contribution in [2.45, 2.75) is 26.7 Å². The number of unbranched alkanes of at least 4 members (excludes halogenated alkanes) is 1. The predicted octanol–water partition coefficient (Wildman–Crippen LogP) is 2.44. The van der Waals surface area contributed by atoms with Gasteiger partial charge in [0.05, 0.1) is 4.92 Å². The Bertz CT molecular complexity index is 474. The first kappa shape index (κ1) is 14.9. The zero-order chi connectivity index (χ0) is 14.4. The summed E-state index contributed by atoms with van der Waals surface area (Å²) in [6.45, 7) is 5.00. The zero-order valence-electron chi connectivity index (χ0n) is 11.3. The lowest BCUT2D eigenvalue weighted by Crippen LogP contribution is -2.32. The average molecular weight is 265 g/mol. The number of nitrogens with zero attached hydrogens (tertiary/aromatic N) is 2. The van der Waals surface area contributed by atoms with Crippen LogP contribution in [0.2, 0.25) is 0 Å². The minimum Gasteiger partial charge on any atom is -0.393 e. The molecule has 1 amide bonds. The summed E-state index contributed by atoms with van der Waals surface area (Å²) in [6, 6.07) is 4.44. The molecule has 0 aliphatic rings. The van der Waals surface area contributed by atoms with Crippen LogP contribution in [0.5, 0.6) is 0 Å². The highest BCUT2D eigenvalue weighted by Gasteiger charge is 2.25. The molecular formula is C13H19N3O3. The SMILES string of the molecule is CCCCN(CC)C(=O)c1cccc(N)c1[N+](=O)[O-]. The Labute approximate surface area is 112 Å². The third-order valence-electron chi connectivity index (χ3n) is 2.93. The number of nitrogen functional groups attached to an aromatic ring is 1. The normalized spacial score (nSPS) is 10.2. The van der Waals surface area contributed by atoms with Gasteiger partial charge in [0, 0.05) is 13.1 Å². The fraction of sp³-hybridized carbons (Fsp3) is 0.462. The first-order valence-electron chi connectivity index (χ1n) is 6.35. The molecule has 104 valence electrons. The van der Waals surface area contributed by atoms with Crippen molar-refractivity contribution in [1.29, 1.82) is 0 Å². The number of carbonyl (C=O) groups excluding carboxylic acids is 1. The third-order valence-corrected chi connectivity index (χ3v) is 2.93. The van der Waals surface area contributed by atoms with Crippen molar-refractivity contribution in [3.63, 3.8) is 0 Å². The number of benzene rings is 1. The Morgan fingerprint density at radius 2 is 2.11 bits per heavy atom. The van der Waals surface area contributed by atoms with Crippen LogP contribution >= 0.6 is 0 Å². The fourth-order valence-corrected chi connectivity index (χ4v) is 1.86. The highest BCUT2D eigenvalue weighted by molar-refractivity contribution is 6.00. The molecule has 0 unspecified atom stereocenters. The van der Waals surface area contributed by atoms with Crippen LogP contribution in [0.25, 0.3) is 0 Å². The highest BCUT2D eigenvalue weighted by atomic mass is 16.6. The van der Waals surface area contributed by atoms with Crippen LogP contribution in [0.3, 0.4) is 0 Å². The van der Waals surface area contributed by atoms with Crippen molar-refractivity contribution in [2.75, 3.05) is 18.8 Å². The number of nitrogens with two attached hydrogens (primary N) is 1. The van der Waals surface area contributed by atoms with E-state index in [1.807, 2.05) is 13.8 Å². The fourth-order valence-electron chi connectivity index (χ4n) is 1.86. The van der Waals surface area contributed by atoms with E-state index in [-0.39, 0.29) is 22.8 Å². The largest absolute Gasteiger partial charge is 0.393 e. The van der Waals surface area contributed by atoms with Crippen LogP contribution in [0.1, 0.15) is 37.0 Å². The quantitative estimate of drug-likeness (QED) is 0.486. The minimum atomic E-state index is -0.601. The Morgan fingerprint density at radius 1 is 1.42 bits per heavy atom. The number of nitro groups is 1. The summed E-state index contributed by atoms with van der Waals surface area (Å²) in [4.78, 5) is 24.4. The number of nitro benzene ring substituents is 1. The van der Waals surface area contributed by atoms with Gasteiger partial charge < -0.3 is 10.6 Å². The molecule has 1 aromatic carbocycles. The number of rotatable bonds is 6. The molecule has 0 radical (unpaired) electrons. The van der Waals surface area contributed by atoms with Gasteiger partial charge in [-0.1, -0.05) is 19.4 Å². The molecule has 0 aliphatic carbocycles. The maximum absolute atomic E-state index is 12.3. The highest BCUT2D eigenvalue weighted by Crippen LogP contribution is 2.27. The van der Waals surface area contributed by atoms with Crippen molar-refractivity contribution in [3.8, 4) is 0 Å². The summed E-state index contributed by atoms with van der Waals surface area (Å²) in [5.74, 6) is -0.338. The van der Waals surface area contributed by atoms with Gasteiger partial charge in [-0.15, -0.1) is 0 Å². The van der Waals surface area contributed by atoms with Gasteiger partial charge in [-0.3, -0.25) is 14.9 Å². The van der Waals surface area contributed by atoms with E-state index in [1.54, 1.807) is 11.0 Å². The standard InChI is InChI=1S/C13H19N3O3/c1-3-5-9-15(4-2)13(17)10-7-6-8-11(14)12(10)16(18)19/h6-8H,3-5,9,14H2,1-2H3. The van der Waals surface area contributed by atoms with Crippen LogP contribution in [-0.4, -0.2) is 28.8 Å². The van der Waals surface area contributed by atoms with Gasteiger partial charge in [0.1, 0.15) is 11.3 Å². The van der Waals surface area contributed by atoms with E-state index in [0.717, 1.165) is 12.8 Å². The van der Waals surface area contributed by atoms with Gasteiger partial charge in [-0.05, 0) is 25.5 Å². The van der Waals surface area contributed by atoms with E-state index >= 15 is 0 Å². The third kappa shape index (κ3) is 3.43. The maximum Gasteiger partial charge on any atom is 0.304 e. The van der Waals surface area contributed by atoms with E-state index in [4.69, 9.17) is 5.73 Å². The van der Waals surface area contributed by atoms with Crippen molar-refractivity contribution >= 4 is 17.3 Å². The molecule has 0 aliphatic heterocycles. The number of carbonyl (C=O) groups is 1. The van der Waals surface area contributed by atoms with Gasteiger partial charge in [-0.25, -0.2) is 0 Å². The monoisotopic (exact) mass is 265 g/mol. The van der Waals surface area contributed by atoms with Gasteiger partial charge in [0.15, 0.2) is 0 Å². The van der Waals surface area contributed by atoms with Crippen LogP contribution in [0.4, 0.5) is 11.4 Å². The second-order valence-corrected chi connectivity index (χ2v) is 4.24. The molecule has 0 saturated carbocycles. The molecule has 0 bridgehead atoms. The summed E-state index contributed by atoms with van der Waals surface area (Å²) in [5, 5.41) is 11.0. The predicted molar refractivity (Wildman–Crippen MR) is 74.0 cm³/mol. The van der Waals surface area contributed by atoms with Gasteiger partial charge >= 0.3 is 5.69 Å². The smallest absolute Gasteiger partial charge is 0.304 e.